The van der Waals surface area contributed by atoms with Gasteiger partial charge in [-0.3, -0.25) is 21.0 Å². The Kier molecular flexibility index (Phi) is 7.18. The molecule has 4 N–H and O–H groups in total. The molecule has 3 aromatic rings. The van der Waals surface area contributed by atoms with Gasteiger partial charge in [0.15, 0.2) is 0 Å². The molecule has 1 aliphatic rings. The number of rotatable bonds is 6. The van der Waals surface area contributed by atoms with Crippen LogP contribution in [0.2, 0.25) is 0 Å². The number of nitrogens with one attached hydrogen (secondary N) is 4. The fraction of sp³-hybridized carbons (Fsp3) is 0.250. The van der Waals surface area contributed by atoms with E-state index < -0.39 is 16.1 Å². The molecule has 0 atom stereocenters. The molecule has 0 bridgehead atoms. The number of sulfonamides is 1. The van der Waals surface area contributed by atoms with E-state index in [0.717, 1.165) is 53.8 Å². The third kappa shape index (κ3) is 5.57. The smallest absolute Gasteiger partial charge is 0.298 e. The van der Waals surface area contributed by atoms with Crippen LogP contribution < -0.4 is 20.9 Å². The number of carbonyl (C=O) groups is 2. The summed E-state index contributed by atoms with van der Waals surface area (Å²) in [4.78, 5) is 26.8. The number of thiophene rings is 1. The van der Waals surface area contributed by atoms with Crippen LogP contribution in [0.25, 0.3) is 0 Å². The van der Waals surface area contributed by atoms with Crippen molar-refractivity contribution in [3.63, 3.8) is 0 Å². The Bertz CT molecular complexity index is 1290. The Morgan fingerprint density at radius 3 is 2.35 bits per heavy atom. The van der Waals surface area contributed by atoms with Crippen molar-refractivity contribution in [3.05, 3.63) is 76.2 Å². The van der Waals surface area contributed by atoms with Crippen molar-refractivity contribution in [1.82, 2.24) is 10.1 Å². The third-order valence-electron chi connectivity index (χ3n) is 5.53. The molecule has 0 radical (unpaired) electrons. The van der Waals surface area contributed by atoms with E-state index in [2.05, 4.69) is 16.2 Å². The van der Waals surface area contributed by atoms with E-state index >= 15 is 0 Å². The number of fused-ring (bicyclic) bond motifs is 1. The van der Waals surface area contributed by atoms with Gasteiger partial charge in [0.1, 0.15) is 5.00 Å². The first-order valence-electron chi connectivity index (χ1n) is 11.0. The second kappa shape index (κ2) is 10.3. The molecule has 3 amide bonds. The maximum Gasteiger partial charge on any atom is 0.333 e. The summed E-state index contributed by atoms with van der Waals surface area (Å²) in [6.07, 6.45) is 4.57. The highest BCUT2D eigenvalue weighted by Gasteiger charge is 2.27. The number of amides is 3. The second-order valence-corrected chi connectivity index (χ2v) is 10.9. The highest BCUT2D eigenvalue weighted by atomic mass is 32.2. The van der Waals surface area contributed by atoms with Crippen LogP contribution in [0.4, 0.5) is 15.5 Å². The monoisotopic (exact) mass is 498 g/mol. The quantitative estimate of drug-likeness (QED) is 0.293. The Morgan fingerprint density at radius 2 is 1.62 bits per heavy atom. The minimum atomic E-state index is -4.04. The van der Waals surface area contributed by atoms with Crippen LogP contribution in [0.1, 0.15) is 45.6 Å². The summed E-state index contributed by atoms with van der Waals surface area (Å²) >= 11 is 1.32. The van der Waals surface area contributed by atoms with Gasteiger partial charge in [0.25, 0.3) is 15.9 Å². The molecule has 0 fully saturated rings. The molecule has 0 saturated heterocycles. The zero-order valence-corrected chi connectivity index (χ0v) is 20.3. The number of carbonyl (C=O) groups excluding carboxylic acids is 2. The summed E-state index contributed by atoms with van der Waals surface area (Å²) in [6.45, 7) is 1.98. The number of anilines is 2. The van der Waals surface area contributed by atoms with Crippen LogP contribution >= 0.6 is 11.3 Å². The lowest BCUT2D eigenvalue weighted by Gasteiger charge is -2.12. The van der Waals surface area contributed by atoms with E-state index in [9.17, 15) is 18.0 Å². The average molecular weight is 499 g/mol. The summed E-state index contributed by atoms with van der Waals surface area (Å²) < 4.78 is 27.1. The first kappa shape index (κ1) is 23.8. The summed E-state index contributed by atoms with van der Waals surface area (Å²) in [6, 6.07) is 14.3. The second-order valence-electron chi connectivity index (χ2n) is 8.09. The molecule has 8 nitrogen and oxygen atoms in total. The van der Waals surface area contributed by atoms with Crippen molar-refractivity contribution in [1.29, 1.82) is 0 Å². The van der Waals surface area contributed by atoms with Gasteiger partial charge >= 0.3 is 6.03 Å². The minimum absolute atomic E-state index is 0.0209. The van der Waals surface area contributed by atoms with Gasteiger partial charge in [-0.1, -0.05) is 42.3 Å². The van der Waals surface area contributed by atoms with Gasteiger partial charge in [-0.2, -0.15) is 0 Å². The number of hydrazine groups is 1. The molecule has 0 aliphatic heterocycles. The maximum atomic E-state index is 13.2. The van der Waals surface area contributed by atoms with Crippen LogP contribution in [-0.2, 0) is 22.9 Å². The molecule has 1 aromatic heterocycles. The van der Waals surface area contributed by atoms with Crippen LogP contribution in [0, 0.1) is 6.92 Å². The van der Waals surface area contributed by atoms with Gasteiger partial charge in [0.05, 0.1) is 16.1 Å². The van der Waals surface area contributed by atoms with E-state index in [1.165, 1.54) is 23.5 Å². The molecule has 0 saturated carbocycles. The number of urea groups is 1. The molecule has 1 heterocycles. The first-order chi connectivity index (χ1) is 16.3. The van der Waals surface area contributed by atoms with E-state index in [0.29, 0.717) is 10.6 Å². The van der Waals surface area contributed by atoms with Crippen molar-refractivity contribution in [2.75, 3.05) is 10.7 Å². The first-order valence-corrected chi connectivity index (χ1v) is 13.3. The van der Waals surface area contributed by atoms with E-state index in [-0.39, 0.29) is 10.8 Å². The van der Waals surface area contributed by atoms with E-state index in [1.807, 2.05) is 35.9 Å². The predicted molar refractivity (Wildman–Crippen MR) is 134 cm³/mol. The normalized spacial score (nSPS) is 13.3. The molecular formula is C24H26N4O4S2. The Labute approximate surface area is 202 Å². The SMILES string of the molecule is Cc1ccc(NNC(=O)c2c(NC(=O)NS(=O)(=O)c3ccccc3)sc3c2CCCCC3)cc1. The molecule has 0 spiro atoms. The van der Waals surface area contributed by atoms with Crippen molar-refractivity contribution >= 4 is 44.0 Å². The van der Waals surface area contributed by atoms with Crippen LogP contribution in [-0.4, -0.2) is 20.4 Å². The largest absolute Gasteiger partial charge is 0.333 e. The summed E-state index contributed by atoms with van der Waals surface area (Å²) in [5.74, 6) is -0.388. The lowest BCUT2D eigenvalue weighted by molar-refractivity contribution is 0.0963. The number of benzene rings is 2. The van der Waals surface area contributed by atoms with Gasteiger partial charge in [-0.25, -0.2) is 17.9 Å². The standard InChI is InChI=1S/C24H26N4O4S2/c1-16-12-14-17(15-13-16)26-27-22(29)21-19-10-6-3-7-11-20(19)33-23(21)25-24(30)28-34(31,32)18-8-4-2-5-9-18/h2,4-5,8-9,12-15,26H,3,6-7,10-11H2,1H3,(H,27,29)(H2,25,28,30). The predicted octanol–water partition coefficient (Wildman–Crippen LogP) is 4.59. The van der Waals surface area contributed by atoms with E-state index in [4.69, 9.17) is 0 Å². The van der Waals surface area contributed by atoms with Gasteiger partial charge < -0.3 is 0 Å². The van der Waals surface area contributed by atoms with E-state index in [1.54, 1.807) is 18.2 Å². The molecular weight excluding hydrogens is 472 g/mol. The lowest BCUT2D eigenvalue weighted by Crippen LogP contribution is -2.35. The molecule has 2 aromatic carbocycles. The van der Waals surface area contributed by atoms with Crippen molar-refractivity contribution in [2.24, 2.45) is 0 Å². The number of hydrogen-bond acceptors (Lipinski definition) is 6. The van der Waals surface area contributed by atoms with Crippen molar-refractivity contribution in [2.45, 2.75) is 43.9 Å². The molecule has 1 aliphatic carbocycles. The summed E-state index contributed by atoms with van der Waals surface area (Å²) in [7, 11) is -4.04. The minimum Gasteiger partial charge on any atom is -0.298 e. The van der Waals surface area contributed by atoms with Crippen molar-refractivity contribution < 1.29 is 18.0 Å². The zero-order chi connectivity index (χ0) is 24.1. The summed E-state index contributed by atoms with van der Waals surface area (Å²) in [5, 5.41) is 2.93. The third-order valence-corrected chi connectivity index (χ3v) is 8.08. The molecule has 0 unspecified atom stereocenters. The average Bonchev–Trinajstić information content (AvgIpc) is 2.98. The Balaban J connectivity index is 1.55. The van der Waals surface area contributed by atoms with Gasteiger partial charge in [0.2, 0.25) is 0 Å². The Morgan fingerprint density at radius 1 is 0.912 bits per heavy atom. The van der Waals surface area contributed by atoms with Crippen LogP contribution in [0.3, 0.4) is 0 Å². The fourth-order valence-electron chi connectivity index (χ4n) is 3.81. The van der Waals surface area contributed by atoms with Crippen LogP contribution in [0.5, 0.6) is 0 Å². The van der Waals surface area contributed by atoms with Gasteiger partial charge in [-0.05, 0) is 62.4 Å². The van der Waals surface area contributed by atoms with Gasteiger partial charge in [0, 0.05) is 4.88 Å². The number of hydrogen-bond donors (Lipinski definition) is 4. The zero-order valence-electron chi connectivity index (χ0n) is 18.7. The lowest BCUT2D eigenvalue weighted by atomic mass is 10.1. The maximum absolute atomic E-state index is 13.2. The topological polar surface area (TPSA) is 116 Å². The van der Waals surface area contributed by atoms with Crippen LogP contribution in [0.15, 0.2) is 59.5 Å². The summed E-state index contributed by atoms with van der Waals surface area (Å²) in [5.41, 5.74) is 8.71. The Hall–Kier alpha value is -3.37. The van der Waals surface area contributed by atoms with Gasteiger partial charge in [-0.15, -0.1) is 11.3 Å². The molecule has 10 heteroatoms. The highest BCUT2D eigenvalue weighted by molar-refractivity contribution is 7.90. The fourth-order valence-corrected chi connectivity index (χ4v) is 6.02. The number of aryl methyl sites for hydroxylation is 2. The highest BCUT2D eigenvalue weighted by Crippen LogP contribution is 2.37. The molecule has 4 rings (SSSR count). The van der Waals surface area contributed by atoms with Crippen molar-refractivity contribution in [3.8, 4) is 0 Å². The molecule has 34 heavy (non-hydrogen) atoms. The molecule has 178 valence electrons.